The highest BCUT2D eigenvalue weighted by Crippen LogP contribution is 2.52. The van der Waals surface area contributed by atoms with Gasteiger partial charge in [0.25, 0.3) is 0 Å². The van der Waals surface area contributed by atoms with E-state index < -0.39 is 5.41 Å². The fourth-order valence-corrected chi connectivity index (χ4v) is 5.46. The molecular formula is C31H32O3. The quantitative estimate of drug-likeness (QED) is 0.243. The van der Waals surface area contributed by atoms with Gasteiger partial charge in [-0.3, -0.25) is 0 Å². The highest BCUT2D eigenvalue weighted by atomic mass is 16.3. The summed E-state index contributed by atoms with van der Waals surface area (Å²) < 4.78 is 0. The van der Waals surface area contributed by atoms with Gasteiger partial charge in [0.1, 0.15) is 17.2 Å². The van der Waals surface area contributed by atoms with Gasteiger partial charge in [-0.25, -0.2) is 0 Å². The number of hydrogen-bond acceptors (Lipinski definition) is 3. The molecule has 0 aliphatic rings. The molecule has 0 saturated heterocycles. The zero-order valence-electron chi connectivity index (χ0n) is 19.8. The van der Waals surface area contributed by atoms with Gasteiger partial charge in [-0.2, -0.15) is 0 Å². The van der Waals surface area contributed by atoms with E-state index in [2.05, 4.69) is 26.0 Å². The zero-order valence-corrected chi connectivity index (χ0v) is 19.8. The molecule has 1 atom stereocenters. The Balaban J connectivity index is 2.10. The van der Waals surface area contributed by atoms with Gasteiger partial charge in [0.15, 0.2) is 0 Å². The average Bonchev–Trinajstić information content (AvgIpc) is 2.86. The molecule has 0 aliphatic carbocycles. The first-order valence-electron chi connectivity index (χ1n) is 12.0. The number of benzene rings is 4. The van der Waals surface area contributed by atoms with E-state index >= 15 is 0 Å². The van der Waals surface area contributed by atoms with Crippen molar-refractivity contribution in [2.45, 2.75) is 44.4 Å². The molecule has 0 radical (unpaired) electrons. The Morgan fingerprint density at radius 1 is 0.559 bits per heavy atom. The summed E-state index contributed by atoms with van der Waals surface area (Å²) in [7, 11) is 0. The lowest BCUT2D eigenvalue weighted by Crippen LogP contribution is -2.31. The molecule has 0 fully saturated rings. The predicted octanol–water partition coefficient (Wildman–Crippen LogP) is 7.48. The minimum absolute atomic E-state index is 0.0506. The monoisotopic (exact) mass is 452 g/mol. The van der Waals surface area contributed by atoms with E-state index in [0.29, 0.717) is 6.42 Å². The first kappa shape index (κ1) is 23.4. The maximum Gasteiger partial charge on any atom is 0.120 e. The van der Waals surface area contributed by atoms with Gasteiger partial charge in [-0.15, -0.1) is 0 Å². The van der Waals surface area contributed by atoms with Crippen LogP contribution in [0, 0.1) is 0 Å². The van der Waals surface area contributed by atoms with Crippen LogP contribution in [0.1, 0.15) is 66.8 Å². The van der Waals surface area contributed by atoms with Crippen LogP contribution in [0.5, 0.6) is 17.2 Å². The molecule has 3 N–H and O–H groups in total. The standard InChI is InChI=1S/C31H32O3/c1-3-21-31(26-16-8-11-19-29(26)33,27-17-9-12-20-30(27)34)25-15-7-5-13-23(25)22(4-2)24-14-6-10-18-28(24)32/h5-20,22,32-34H,3-4,21H2,1-2H3. The molecule has 4 rings (SSSR count). The van der Waals surface area contributed by atoms with Crippen molar-refractivity contribution in [3.63, 3.8) is 0 Å². The smallest absolute Gasteiger partial charge is 0.120 e. The summed E-state index contributed by atoms with van der Waals surface area (Å²) in [5, 5.41) is 32.9. The summed E-state index contributed by atoms with van der Waals surface area (Å²) in [4.78, 5) is 0. The summed E-state index contributed by atoms with van der Waals surface area (Å²) in [5.41, 5.74) is 3.72. The fourth-order valence-electron chi connectivity index (χ4n) is 5.46. The molecule has 0 aromatic heterocycles. The van der Waals surface area contributed by atoms with Crippen LogP contribution in [0.2, 0.25) is 0 Å². The zero-order chi connectivity index (χ0) is 24.1. The second-order valence-corrected chi connectivity index (χ2v) is 8.80. The SMILES string of the molecule is CCCC(c1ccccc1O)(c1ccccc1O)c1ccccc1C(CC)c1ccccc1O. The minimum Gasteiger partial charge on any atom is -0.508 e. The van der Waals surface area contributed by atoms with Crippen molar-refractivity contribution >= 4 is 0 Å². The third kappa shape index (κ3) is 4.03. The summed E-state index contributed by atoms with van der Waals surface area (Å²) in [6.45, 7) is 4.24. The van der Waals surface area contributed by atoms with Gasteiger partial charge in [0.2, 0.25) is 0 Å². The highest BCUT2D eigenvalue weighted by Gasteiger charge is 2.41. The second-order valence-electron chi connectivity index (χ2n) is 8.80. The van der Waals surface area contributed by atoms with Crippen LogP contribution in [-0.2, 0) is 5.41 Å². The fraction of sp³-hybridized carbons (Fsp3) is 0.226. The molecule has 0 heterocycles. The lowest BCUT2D eigenvalue weighted by molar-refractivity contribution is 0.422. The molecule has 0 spiro atoms. The van der Waals surface area contributed by atoms with Crippen molar-refractivity contribution in [2.24, 2.45) is 0 Å². The largest absolute Gasteiger partial charge is 0.508 e. The maximum atomic E-state index is 11.1. The van der Waals surface area contributed by atoms with Crippen molar-refractivity contribution in [1.29, 1.82) is 0 Å². The molecule has 0 aliphatic heterocycles. The molecule has 3 heteroatoms. The normalized spacial score (nSPS) is 12.4. The Morgan fingerprint density at radius 3 is 1.47 bits per heavy atom. The van der Waals surface area contributed by atoms with Gasteiger partial charge < -0.3 is 15.3 Å². The Kier molecular flexibility index (Phi) is 6.93. The minimum atomic E-state index is -0.778. The van der Waals surface area contributed by atoms with Crippen LogP contribution in [0.25, 0.3) is 0 Å². The van der Waals surface area contributed by atoms with Crippen LogP contribution in [0.4, 0.5) is 0 Å². The van der Waals surface area contributed by atoms with Crippen LogP contribution in [-0.4, -0.2) is 15.3 Å². The van der Waals surface area contributed by atoms with Crippen molar-refractivity contribution < 1.29 is 15.3 Å². The van der Waals surface area contributed by atoms with Crippen molar-refractivity contribution in [3.05, 3.63) is 125 Å². The molecule has 174 valence electrons. The van der Waals surface area contributed by atoms with E-state index in [0.717, 1.165) is 40.7 Å². The summed E-state index contributed by atoms with van der Waals surface area (Å²) in [6.07, 6.45) is 2.32. The Bertz CT molecular complexity index is 1220. The van der Waals surface area contributed by atoms with Gasteiger partial charge in [0.05, 0.1) is 5.41 Å². The molecule has 4 aromatic carbocycles. The molecule has 34 heavy (non-hydrogen) atoms. The van der Waals surface area contributed by atoms with Gasteiger partial charge in [0, 0.05) is 22.6 Å². The molecule has 4 aromatic rings. The number of aromatic hydroxyl groups is 3. The van der Waals surface area contributed by atoms with Crippen LogP contribution in [0.3, 0.4) is 0 Å². The lowest BCUT2D eigenvalue weighted by atomic mass is 9.63. The molecule has 0 saturated carbocycles. The van der Waals surface area contributed by atoms with Crippen molar-refractivity contribution in [1.82, 2.24) is 0 Å². The van der Waals surface area contributed by atoms with Gasteiger partial charge in [-0.1, -0.05) is 99.1 Å². The van der Waals surface area contributed by atoms with E-state index in [1.54, 1.807) is 18.2 Å². The first-order valence-corrected chi connectivity index (χ1v) is 12.0. The van der Waals surface area contributed by atoms with Crippen LogP contribution in [0.15, 0.2) is 97.1 Å². The highest BCUT2D eigenvalue weighted by molar-refractivity contribution is 5.61. The molecule has 1 unspecified atom stereocenters. The third-order valence-corrected chi connectivity index (χ3v) is 6.87. The lowest BCUT2D eigenvalue weighted by Gasteiger charge is -2.39. The van der Waals surface area contributed by atoms with E-state index in [-0.39, 0.29) is 23.2 Å². The summed E-state index contributed by atoms with van der Waals surface area (Å²) in [5.74, 6) is 0.620. The van der Waals surface area contributed by atoms with E-state index in [4.69, 9.17) is 0 Å². The number of rotatable bonds is 8. The van der Waals surface area contributed by atoms with E-state index in [1.807, 2.05) is 66.7 Å². The summed E-state index contributed by atoms with van der Waals surface area (Å²) in [6, 6.07) is 30.6. The Labute approximate surface area is 202 Å². The summed E-state index contributed by atoms with van der Waals surface area (Å²) >= 11 is 0. The Hall–Kier alpha value is -3.72. The second kappa shape index (κ2) is 10.0. The number of para-hydroxylation sites is 3. The topological polar surface area (TPSA) is 60.7 Å². The van der Waals surface area contributed by atoms with Crippen molar-refractivity contribution in [2.75, 3.05) is 0 Å². The molecule has 0 bridgehead atoms. The average molecular weight is 453 g/mol. The molecule has 3 nitrogen and oxygen atoms in total. The van der Waals surface area contributed by atoms with Gasteiger partial charge in [-0.05, 0) is 42.2 Å². The molecule has 0 amide bonds. The Morgan fingerprint density at radius 2 is 1.00 bits per heavy atom. The van der Waals surface area contributed by atoms with Crippen molar-refractivity contribution in [3.8, 4) is 17.2 Å². The maximum absolute atomic E-state index is 11.1. The predicted molar refractivity (Wildman–Crippen MR) is 138 cm³/mol. The first-order chi connectivity index (χ1) is 16.5. The molecular weight excluding hydrogens is 420 g/mol. The van der Waals surface area contributed by atoms with Crippen LogP contribution >= 0.6 is 0 Å². The number of phenols is 3. The third-order valence-electron chi connectivity index (χ3n) is 6.87. The van der Waals surface area contributed by atoms with E-state index in [1.165, 1.54) is 0 Å². The van der Waals surface area contributed by atoms with Crippen LogP contribution < -0.4 is 0 Å². The number of hydrogen-bond donors (Lipinski definition) is 3. The van der Waals surface area contributed by atoms with E-state index in [9.17, 15) is 15.3 Å². The van der Waals surface area contributed by atoms with Gasteiger partial charge >= 0.3 is 0 Å². The number of phenolic OH excluding ortho intramolecular Hbond substituents is 3.